The molecule has 1 aliphatic rings. The first-order valence-electron chi connectivity index (χ1n) is 7.50. The third kappa shape index (κ3) is 5.01. The first-order chi connectivity index (χ1) is 11.1. The third-order valence-electron chi connectivity index (χ3n) is 3.60. The highest BCUT2D eigenvalue weighted by Crippen LogP contribution is 2.34. The van der Waals surface area contributed by atoms with Gasteiger partial charge in [0.25, 0.3) is 0 Å². The van der Waals surface area contributed by atoms with Crippen molar-refractivity contribution in [3.05, 3.63) is 65.7 Å². The SMILES string of the molecule is N[C@@H](CS)C(=O)O.c1ccc(C2CCc3ccccc3O2)cc1. The average Bonchev–Trinajstić information content (AvgIpc) is 2.61. The molecule has 0 radical (unpaired) electrons. The average molecular weight is 331 g/mol. The van der Waals surface area contributed by atoms with Gasteiger partial charge in [-0.3, -0.25) is 4.79 Å². The van der Waals surface area contributed by atoms with E-state index in [0.29, 0.717) is 0 Å². The van der Waals surface area contributed by atoms with Crippen LogP contribution in [0.5, 0.6) is 5.75 Å². The number of para-hydroxylation sites is 1. The Labute approximate surface area is 141 Å². The number of hydrogen-bond acceptors (Lipinski definition) is 4. The van der Waals surface area contributed by atoms with Gasteiger partial charge in [-0.2, -0.15) is 12.6 Å². The van der Waals surface area contributed by atoms with Crippen LogP contribution in [0.25, 0.3) is 0 Å². The van der Waals surface area contributed by atoms with Gasteiger partial charge in [-0.25, -0.2) is 0 Å². The van der Waals surface area contributed by atoms with Crippen molar-refractivity contribution in [1.82, 2.24) is 0 Å². The molecule has 0 aliphatic carbocycles. The number of hydrogen-bond donors (Lipinski definition) is 3. The molecule has 0 bridgehead atoms. The molecule has 122 valence electrons. The highest BCUT2D eigenvalue weighted by Gasteiger charge is 2.20. The van der Waals surface area contributed by atoms with E-state index in [1.165, 1.54) is 11.1 Å². The van der Waals surface area contributed by atoms with Crippen LogP contribution in [-0.2, 0) is 11.2 Å². The molecule has 23 heavy (non-hydrogen) atoms. The monoisotopic (exact) mass is 331 g/mol. The van der Waals surface area contributed by atoms with Crippen LogP contribution in [0.15, 0.2) is 54.6 Å². The Morgan fingerprint density at radius 2 is 1.87 bits per heavy atom. The fourth-order valence-electron chi connectivity index (χ4n) is 2.30. The summed E-state index contributed by atoms with van der Waals surface area (Å²) in [7, 11) is 0. The van der Waals surface area contributed by atoms with Crippen LogP contribution in [0.4, 0.5) is 0 Å². The smallest absolute Gasteiger partial charge is 0.321 e. The number of nitrogens with two attached hydrogens (primary N) is 1. The minimum atomic E-state index is -1.00. The largest absolute Gasteiger partial charge is 0.485 e. The Kier molecular flexibility index (Phi) is 6.50. The fraction of sp³-hybridized carbons (Fsp3) is 0.278. The standard InChI is InChI=1S/C15H14O.C3H7NO2S/c1-2-6-12(7-3-1)15-11-10-13-8-4-5-9-14(13)16-15;4-2(1-7)3(5)6/h1-9,15H,10-11H2;2,7H,1,4H2,(H,5,6)/t;2-/m.0/s1. The van der Waals surface area contributed by atoms with Gasteiger partial charge >= 0.3 is 5.97 Å². The Morgan fingerprint density at radius 1 is 1.22 bits per heavy atom. The Bertz CT molecular complexity index is 633. The van der Waals surface area contributed by atoms with Gasteiger partial charge in [0.1, 0.15) is 17.9 Å². The minimum absolute atomic E-state index is 0.190. The number of carbonyl (C=O) groups is 1. The lowest BCUT2D eigenvalue weighted by molar-refractivity contribution is -0.137. The summed E-state index contributed by atoms with van der Waals surface area (Å²) in [5.41, 5.74) is 7.54. The lowest BCUT2D eigenvalue weighted by Crippen LogP contribution is -2.31. The number of ether oxygens (including phenoxy) is 1. The quantitative estimate of drug-likeness (QED) is 0.756. The first-order valence-corrected chi connectivity index (χ1v) is 8.14. The van der Waals surface area contributed by atoms with E-state index < -0.39 is 12.0 Å². The molecule has 0 saturated carbocycles. The van der Waals surface area contributed by atoms with Crippen molar-refractivity contribution < 1.29 is 14.6 Å². The summed E-state index contributed by atoms with van der Waals surface area (Å²) in [5.74, 6) is 0.229. The molecule has 1 unspecified atom stereocenters. The molecule has 5 heteroatoms. The fourth-order valence-corrected chi connectivity index (χ4v) is 2.46. The van der Waals surface area contributed by atoms with Crippen molar-refractivity contribution in [2.75, 3.05) is 5.75 Å². The molecule has 0 amide bonds. The van der Waals surface area contributed by atoms with Crippen molar-refractivity contribution in [2.45, 2.75) is 25.0 Å². The maximum absolute atomic E-state index is 9.76. The molecule has 0 saturated heterocycles. The first kappa shape index (κ1) is 17.4. The summed E-state index contributed by atoms with van der Waals surface area (Å²) in [6.45, 7) is 0. The molecule has 2 atom stereocenters. The van der Waals surface area contributed by atoms with Gasteiger partial charge in [0, 0.05) is 5.75 Å². The minimum Gasteiger partial charge on any atom is -0.485 e. The van der Waals surface area contributed by atoms with E-state index in [1.54, 1.807) is 0 Å². The molecule has 1 heterocycles. The van der Waals surface area contributed by atoms with E-state index in [9.17, 15) is 4.79 Å². The van der Waals surface area contributed by atoms with E-state index in [2.05, 4.69) is 55.1 Å². The Balaban J connectivity index is 0.000000236. The van der Waals surface area contributed by atoms with Crippen molar-refractivity contribution in [3.63, 3.8) is 0 Å². The maximum atomic E-state index is 9.76. The highest BCUT2D eigenvalue weighted by atomic mass is 32.1. The topological polar surface area (TPSA) is 72.6 Å². The number of fused-ring (bicyclic) bond motifs is 1. The molecular weight excluding hydrogens is 310 g/mol. The lowest BCUT2D eigenvalue weighted by Gasteiger charge is -2.26. The number of aliphatic carboxylic acids is 1. The van der Waals surface area contributed by atoms with Crippen LogP contribution in [0.2, 0.25) is 0 Å². The number of aryl methyl sites for hydroxylation is 1. The van der Waals surface area contributed by atoms with Crippen molar-refractivity contribution in [2.24, 2.45) is 5.73 Å². The molecule has 3 rings (SSSR count). The predicted octanol–water partition coefficient (Wildman–Crippen LogP) is 3.08. The lowest BCUT2D eigenvalue weighted by atomic mass is 9.98. The number of carboxylic acids is 1. The number of carboxylic acid groups (broad SMARTS) is 1. The number of rotatable bonds is 3. The molecular formula is C18H21NO3S. The molecule has 1 aliphatic heterocycles. The second-order valence-corrected chi connectivity index (χ2v) is 5.66. The van der Waals surface area contributed by atoms with E-state index in [-0.39, 0.29) is 11.9 Å². The van der Waals surface area contributed by atoms with E-state index >= 15 is 0 Å². The van der Waals surface area contributed by atoms with Crippen LogP contribution in [0.3, 0.4) is 0 Å². The summed E-state index contributed by atoms with van der Waals surface area (Å²) in [6, 6.07) is 18.0. The van der Waals surface area contributed by atoms with Crippen LogP contribution in [-0.4, -0.2) is 22.9 Å². The van der Waals surface area contributed by atoms with E-state index in [0.717, 1.165) is 18.6 Å². The predicted molar refractivity (Wildman–Crippen MR) is 94.0 cm³/mol. The van der Waals surface area contributed by atoms with Gasteiger partial charge in [0.2, 0.25) is 0 Å². The zero-order chi connectivity index (χ0) is 16.7. The van der Waals surface area contributed by atoms with Crippen LogP contribution in [0, 0.1) is 0 Å². The van der Waals surface area contributed by atoms with E-state index in [4.69, 9.17) is 15.6 Å². The molecule has 4 nitrogen and oxygen atoms in total. The molecule has 2 aromatic rings. The van der Waals surface area contributed by atoms with Gasteiger partial charge in [-0.05, 0) is 30.0 Å². The summed E-state index contributed by atoms with van der Waals surface area (Å²) >= 11 is 3.65. The van der Waals surface area contributed by atoms with Crippen molar-refractivity contribution in [3.8, 4) is 5.75 Å². The summed E-state index contributed by atoms with van der Waals surface area (Å²) in [4.78, 5) is 9.76. The number of thiol groups is 1. The van der Waals surface area contributed by atoms with Gasteiger partial charge in [-0.1, -0.05) is 48.5 Å². The van der Waals surface area contributed by atoms with Crippen LogP contribution >= 0.6 is 12.6 Å². The van der Waals surface area contributed by atoms with Crippen molar-refractivity contribution in [1.29, 1.82) is 0 Å². The molecule has 2 aromatic carbocycles. The zero-order valence-corrected chi connectivity index (χ0v) is 13.7. The van der Waals surface area contributed by atoms with Crippen LogP contribution in [0.1, 0.15) is 23.7 Å². The van der Waals surface area contributed by atoms with Gasteiger partial charge < -0.3 is 15.6 Å². The Morgan fingerprint density at radius 3 is 2.48 bits per heavy atom. The van der Waals surface area contributed by atoms with E-state index in [1.807, 2.05) is 12.1 Å². The molecule has 3 N–H and O–H groups in total. The molecule has 0 fully saturated rings. The highest BCUT2D eigenvalue weighted by molar-refractivity contribution is 7.80. The van der Waals surface area contributed by atoms with Gasteiger partial charge in [0.15, 0.2) is 0 Å². The second kappa shape index (κ2) is 8.60. The summed E-state index contributed by atoms with van der Waals surface area (Å²) in [5, 5.41) is 8.01. The third-order valence-corrected chi connectivity index (χ3v) is 4.00. The Hall–Kier alpha value is -1.98. The molecule has 0 spiro atoms. The molecule has 0 aromatic heterocycles. The van der Waals surface area contributed by atoms with Gasteiger partial charge in [0.05, 0.1) is 0 Å². The van der Waals surface area contributed by atoms with Gasteiger partial charge in [-0.15, -0.1) is 0 Å². The summed E-state index contributed by atoms with van der Waals surface area (Å²) < 4.78 is 6.02. The number of benzene rings is 2. The maximum Gasteiger partial charge on any atom is 0.321 e. The van der Waals surface area contributed by atoms with Crippen molar-refractivity contribution >= 4 is 18.6 Å². The summed E-state index contributed by atoms with van der Waals surface area (Å²) in [6.07, 6.45) is 2.40. The van der Waals surface area contributed by atoms with Crippen LogP contribution < -0.4 is 10.5 Å². The normalized spacial score (nSPS) is 17.0. The second-order valence-electron chi connectivity index (χ2n) is 5.29. The zero-order valence-electron chi connectivity index (χ0n) is 12.8.